The molecule has 0 radical (unpaired) electrons. The maximum absolute atomic E-state index is 14.8. The molecule has 0 aliphatic carbocycles. The van der Waals surface area contributed by atoms with E-state index in [4.69, 9.17) is 9.47 Å². The molecular formula is C15H22F2N4O5. The van der Waals surface area contributed by atoms with Gasteiger partial charge >= 0.3 is 11.9 Å². The first-order valence-corrected chi connectivity index (χ1v) is 7.93. The maximum atomic E-state index is 14.8. The molecule has 1 aliphatic rings. The molecule has 2 heterocycles. The SMILES string of the molecule is COC(=O)CCC(=O)N1C[C@H](OC)[C@@H](OC)c2c(nnn2C)C(F)(F)C1. The van der Waals surface area contributed by atoms with E-state index >= 15 is 0 Å². The zero-order valence-electron chi connectivity index (χ0n) is 15.1. The summed E-state index contributed by atoms with van der Waals surface area (Å²) in [7, 11) is 5.44. The number of carbonyl (C=O) groups is 2. The minimum Gasteiger partial charge on any atom is -0.469 e. The molecule has 0 aromatic carbocycles. The van der Waals surface area contributed by atoms with E-state index in [2.05, 4.69) is 15.0 Å². The third-order valence-corrected chi connectivity index (χ3v) is 4.29. The standard InChI is InChI=1S/C15H22F2N4O5/c1-20-12-13(26-4)9(24-2)7-21(10(22)5-6-11(23)25-3)8-15(16,17)14(12)18-19-20/h9,13H,5-8H2,1-4H3/t9-,13+/m0/s1. The second-order valence-electron chi connectivity index (χ2n) is 5.93. The van der Waals surface area contributed by atoms with Crippen LogP contribution in [0.5, 0.6) is 0 Å². The van der Waals surface area contributed by atoms with E-state index in [1.54, 1.807) is 0 Å². The number of ether oxygens (including phenoxy) is 3. The number of esters is 1. The van der Waals surface area contributed by atoms with Gasteiger partial charge in [0.15, 0.2) is 5.69 Å². The van der Waals surface area contributed by atoms with Gasteiger partial charge in [-0.1, -0.05) is 5.21 Å². The summed E-state index contributed by atoms with van der Waals surface area (Å²) < 4.78 is 46.0. The lowest BCUT2D eigenvalue weighted by molar-refractivity contribution is -0.149. The molecular weight excluding hydrogens is 354 g/mol. The zero-order valence-corrected chi connectivity index (χ0v) is 15.1. The van der Waals surface area contributed by atoms with Crippen LogP contribution in [0.1, 0.15) is 30.3 Å². The van der Waals surface area contributed by atoms with Crippen LogP contribution in [0.4, 0.5) is 8.78 Å². The van der Waals surface area contributed by atoms with Gasteiger partial charge in [-0.3, -0.25) is 9.59 Å². The zero-order chi connectivity index (χ0) is 19.5. The van der Waals surface area contributed by atoms with Crippen LogP contribution >= 0.6 is 0 Å². The Kier molecular flexibility index (Phi) is 6.24. The van der Waals surface area contributed by atoms with Gasteiger partial charge in [0.05, 0.1) is 32.3 Å². The number of aryl methyl sites for hydroxylation is 1. The van der Waals surface area contributed by atoms with Crippen molar-refractivity contribution in [2.24, 2.45) is 7.05 Å². The minimum absolute atomic E-state index is 0.103. The first-order chi connectivity index (χ1) is 12.2. The van der Waals surface area contributed by atoms with Crippen molar-refractivity contribution in [2.75, 3.05) is 34.4 Å². The number of hydrogen-bond acceptors (Lipinski definition) is 7. The van der Waals surface area contributed by atoms with Crippen molar-refractivity contribution >= 4 is 11.9 Å². The predicted molar refractivity (Wildman–Crippen MR) is 83.3 cm³/mol. The molecule has 9 nitrogen and oxygen atoms in total. The van der Waals surface area contributed by atoms with Crippen LogP contribution in [0.2, 0.25) is 0 Å². The molecule has 26 heavy (non-hydrogen) atoms. The number of alkyl halides is 2. The van der Waals surface area contributed by atoms with Crippen LogP contribution in [0.25, 0.3) is 0 Å². The minimum atomic E-state index is -3.43. The van der Waals surface area contributed by atoms with Crippen LogP contribution in [0.15, 0.2) is 0 Å². The Balaban J connectivity index is 2.36. The van der Waals surface area contributed by atoms with Crippen molar-refractivity contribution in [1.82, 2.24) is 19.9 Å². The van der Waals surface area contributed by atoms with Crippen LogP contribution in [0.3, 0.4) is 0 Å². The van der Waals surface area contributed by atoms with Crippen molar-refractivity contribution in [2.45, 2.75) is 31.0 Å². The third-order valence-electron chi connectivity index (χ3n) is 4.29. The highest BCUT2D eigenvalue weighted by Gasteiger charge is 2.47. The topological polar surface area (TPSA) is 95.8 Å². The Morgan fingerprint density at radius 1 is 1.23 bits per heavy atom. The molecule has 1 aromatic rings. The number of aromatic nitrogens is 3. The fourth-order valence-corrected chi connectivity index (χ4v) is 2.93. The Labute approximate surface area is 149 Å². The van der Waals surface area contributed by atoms with Crippen molar-refractivity contribution in [1.29, 1.82) is 0 Å². The van der Waals surface area contributed by atoms with Gasteiger partial charge in [0.25, 0.3) is 0 Å². The van der Waals surface area contributed by atoms with Gasteiger partial charge in [0.1, 0.15) is 12.2 Å². The maximum Gasteiger partial charge on any atom is 0.310 e. The summed E-state index contributed by atoms with van der Waals surface area (Å²) in [6.45, 7) is -1.02. The second-order valence-corrected chi connectivity index (χ2v) is 5.93. The second kappa shape index (κ2) is 8.04. The van der Waals surface area contributed by atoms with E-state index in [1.807, 2.05) is 0 Å². The highest BCUT2D eigenvalue weighted by atomic mass is 19.3. The average molecular weight is 376 g/mol. The smallest absolute Gasteiger partial charge is 0.310 e. The molecule has 0 N–H and O–H groups in total. The van der Waals surface area contributed by atoms with E-state index in [0.717, 1.165) is 4.90 Å². The summed E-state index contributed by atoms with van der Waals surface area (Å²) in [4.78, 5) is 24.6. The van der Waals surface area contributed by atoms with Crippen LogP contribution in [0, 0.1) is 0 Å². The Hall–Kier alpha value is -2.14. The highest BCUT2D eigenvalue weighted by molar-refractivity contribution is 5.81. The number of halogens is 2. The van der Waals surface area contributed by atoms with E-state index in [-0.39, 0.29) is 25.1 Å². The molecule has 0 spiro atoms. The van der Waals surface area contributed by atoms with Crippen LogP contribution < -0.4 is 0 Å². The Morgan fingerprint density at radius 2 is 1.92 bits per heavy atom. The average Bonchev–Trinajstić information content (AvgIpc) is 2.99. The summed E-state index contributed by atoms with van der Waals surface area (Å²) >= 11 is 0. The Bertz CT molecular complexity index is 666. The lowest BCUT2D eigenvalue weighted by atomic mass is 10.0. The molecule has 2 atom stereocenters. The molecule has 1 aromatic heterocycles. The van der Waals surface area contributed by atoms with E-state index in [1.165, 1.54) is 33.1 Å². The number of nitrogens with zero attached hydrogens (tertiary/aromatic N) is 4. The van der Waals surface area contributed by atoms with Crippen molar-refractivity contribution in [3.8, 4) is 0 Å². The molecule has 0 unspecified atom stereocenters. The lowest BCUT2D eigenvalue weighted by Gasteiger charge is -2.36. The molecule has 11 heteroatoms. The number of methoxy groups -OCH3 is 3. The van der Waals surface area contributed by atoms with Crippen molar-refractivity contribution in [3.63, 3.8) is 0 Å². The summed E-state index contributed by atoms with van der Waals surface area (Å²) in [6.07, 6.45) is -2.05. The van der Waals surface area contributed by atoms with Gasteiger partial charge in [0, 0.05) is 27.7 Å². The first-order valence-electron chi connectivity index (χ1n) is 7.93. The molecule has 0 fully saturated rings. The molecule has 1 aliphatic heterocycles. The van der Waals surface area contributed by atoms with Crippen LogP contribution in [-0.4, -0.2) is 72.3 Å². The van der Waals surface area contributed by atoms with E-state index in [0.29, 0.717) is 0 Å². The quantitative estimate of drug-likeness (QED) is 0.687. The molecule has 1 amide bonds. The fraction of sp³-hybridized carbons (Fsp3) is 0.733. The van der Waals surface area contributed by atoms with Crippen molar-refractivity contribution < 1.29 is 32.6 Å². The normalized spacial score (nSPS) is 22.3. The molecule has 0 bridgehead atoms. The monoisotopic (exact) mass is 376 g/mol. The summed E-state index contributed by atoms with van der Waals surface area (Å²) in [5.41, 5.74) is -0.453. The van der Waals surface area contributed by atoms with Crippen molar-refractivity contribution in [3.05, 3.63) is 11.4 Å². The molecule has 146 valence electrons. The lowest BCUT2D eigenvalue weighted by Crippen LogP contribution is -2.48. The number of rotatable bonds is 5. The molecule has 0 saturated carbocycles. The number of amides is 1. The Morgan fingerprint density at radius 3 is 2.50 bits per heavy atom. The van der Waals surface area contributed by atoms with Gasteiger partial charge in [-0.25, -0.2) is 4.68 Å². The highest BCUT2D eigenvalue weighted by Crippen LogP contribution is 2.37. The summed E-state index contributed by atoms with van der Waals surface area (Å²) in [5, 5.41) is 7.25. The van der Waals surface area contributed by atoms with Gasteiger partial charge in [-0.15, -0.1) is 5.10 Å². The number of fused-ring (bicyclic) bond motifs is 1. The number of hydrogen-bond donors (Lipinski definition) is 0. The van der Waals surface area contributed by atoms with E-state index < -0.39 is 42.2 Å². The van der Waals surface area contributed by atoms with Gasteiger partial charge < -0.3 is 19.1 Å². The fourth-order valence-electron chi connectivity index (χ4n) is 2.93. The third kappa shape index (κ3) is 3.98. The first kappa shape index (κ1) is 20.2. The van der Waals surface area contributed by atoms with E-state index in [9.17, 15) is 18.4 Å². The van der Waals surface area contributed by atoms with Crippen LogP contribution in [-0.2, 0) is 36.8 Å². The largest absolute Gasteiger partial charge is 0.469 e. The predicted octanol–water partition coefficient (Wildman–Crippen LogP) is 0.405. The van der Waals surface area contributed by atoms with Gasteiger partial charge in [0.2, 0.25) is 5.91 Å². The molecule has 0 saturated heterocycles. The molecule has 2 rings (SSSR count). The summed E-state index contributed by atoms with van der Waals surface area (Å²) in [6, 6.07) is 0. The van der Waals surface area contributed by atoms with Gasteiger partial charge in [-0.05, 0) is 0 Å². The summed E-state index contributed by atoms with van der Waals surface area (Å²) in [5.74, 6) is -4.63. The van der Waals surface area contributed by atoms with Gasteiger partial charge in [-0.2, -0.15) is 8.78 Å². The number of carbonyl (C=O) groups excluding carboxylic acids is 2.